The van der Waals surface area contributed by atoms with Crippen molar-refractivity contribution in [2.24, 2.45) is 0 Å². The quantitative estimate of drug-likeness (QED) is 0.863. The molecule has 0 saturated heterocycles. The van der Waals surface area contributed by atoms with Crippen molar-refractivity contribution in [2.45, 2.75) is 20.3 Å². The second kappa shape index (κ2) is 6.11. The van der Waals surface area contributed by atoms with Crippen molar-refractivity contribution in [3.63, 3.8) is 0 Å². The van der Waals surface area contributed by atoms with E-state index in [0.29, 0.717) is 11.7 Å². The lowest BCUT2D eigenvalue weighted by atomic mass is 10.1. The molecule has 18 heavy (non-hydrogen) atoms. The fraction of sp³-hybridized carbons (Fsp3) is 0.385. The molecule has 0 saturated carbocycles. The third kappa shape index (κ3) is 3.17. The highest BCUT2D eigenvalue weighted by atomic mass is 79.9. The molecule has 1 aromatic carbocycles. The normalized spacial score (nSPS) is 10.8. The van der Waals surface area contributed by atoms with Crippen LogP contribution in [0.25, 0.3) is 11.4 Å². The van der Waals surface area contributed by atoms with Crippen molar-refractivity contribution in [1.29, 1.82) is 0 Å². The summed E-state index contributed by atoms with van der Waals surface area (Å²) in [4.78, 5) is 4.40. The van der Waals surface area contributed by atoms with E-state index in [0.717, 1.165) is 29.5 Å². The van der Waals surface area contributed by atoms with Crippen LogP contribution in [0.5, 0.6) is 0 Å². The zero-order chi connectivity index (χ0) is 13.0. The summed E-state index contributed by atoms with van der Waals surface area (Å²) in [6.07, 6.45) is 0.754. The Morgan fingerprint density at radius 2 is 2.22 bits per heavy atom. The predicted molar refractivity (Wildman–Crippen MR) is 74.4 cm³/mol. The lowest BCUT2D eigenvalue weighted by Gasteiger charge is -1.99. The zero-order valence-corrected chi connectivity index (χ0v) is 12.1. The summed E-state index contributed by atoms with van der Waals surface area (Å²) in [5.41, 5.74) is 2.15. The van der Waals surface area contributed by atoms with E-state index in [9.17, 15) is 0 Å². The van der Waals surface area contributed by atoms with Gasteiger partial charge in [-0.25, -0.2) is 0 Å². The average molecular weight is 310 g/mol. The van der Waals surface area contributed by atoms with Gasteiger partial charge in [-0.3, -0.25) is 0 Å². The number of aryl methyl sites for hydroxylation is 1. The molecule has 1 heterocycles. The van der Waals surface area contributed by atoms with Gasteiger partial charge in [0.1, 0.15) is 0 Å². The monoisotopic (exact) mass is 309 g/mol. The van der Waals surface area contributed by atoms with E-state index in [1.807, 2.05) is 25.1 Å². The van der Waals surface area contributed by atoms with Gasteiger partial charge >= 0.3 is 0 Å². The van der Waals surface area contributed by atoms with E-state index in [2.05, 4.69) is 38.3 Å². The van der Waals surface area contributed by atoms with Gasteiger partial charge in [0.25, 0.3) is 0 Å². The fourth-order valence-corrected chi connectivity index (χ4v) is 2.31. The Balaban J connectivity index is 2.13. The van der Waals surface area contributed by atoms with E-state index in [4.69, 9.17) is 4.52 Å². The van der Waals surface area contributed by atoms with Crippen LogP contribution in [-0.2, 0) is 6.42 Å². The molecular formula is C13H16BrN3O. The molecule has 2 aromatic rings. The number of nitrogens with zero attached hydrogens (tertiary/aromatic N) is 2. The predicted octanol–water partition coefficient (Wildman–Crippen LogP) is 2.96. The Morgan fingerprint density at radius 1 is 1.39 bits per heavy atom. The first kappa shape index (κ1) is 13.2. The molecule has 0 fully saturated rings. The number of aromatic nitrogens is 2. The first-order valence-electron chi connectivity index (χ1n) is 6.00. The molecule has 0 amide bonds. The Kier molecular flexibility index (Phi) is 4.49. The number of halogens is 1. The van der Waals surface area contributed by atoms with Gasteiger partial charge < -0.3 is 9.84 Å². The largest absolute Gasteiger partial charge is 0.339 e. The Hall–Kier alpha value is -1.20. The molecule has 2 rings (SSSR count). The van der Waals surface area contributed by atoms with Crippen molar-refractivity contribution >= 4 is 15.9 Å². The van der Waals surface area contributed by atoms with Gasteiger partial charge in [-0.2, -0.15) is 4.98 Å². The van der Waals surface area contributed by atoms with Crippen LogP contribution in [-0.4, -0.2) is 23.2 Å². The van der Waals surface area contributed by atoms with Crippen LogP contribution in [0.2, 0.25) is 0 Å². The van der Waals surface area contributed by atoms with Gasteiger partial charge in [-0.15, -0.1) is 0 Å². The first-order chi connectivity index (χ1) is 8.70. The maximum Gasteiger partial charge on any atom is 0.228 e. The summed E-state index contributed by atoms with van der Waals surface area (Å²) in [6, 6.07) is 6.08. The molecule has 0 bridgehead atoms. The van der Waals surface area contributed by atoms with Gasteiger partial charge in [0.15, 0.2) is 0 Å². The molecule has 96 valence electrons. The summed E-state index contributed by atoms with van der Waals surface area (Å²) in [7, 11) is 0. The van der Waals surface area contributed by atoms with Crippen LogP contribution >= 0.6 is 15.9 Å². The highest BCUT2D eigenvalue weighted by Crippen LogP contribution is 2.26. The second-order valence-corrected chi connectivity index (χ2v) is 4.95. The third-order valence-electron chi connectivity index (χ3n) is 2.60. The van der Waals surface area contributed by atoms with Crippen molar-refractivity contribution in [1.82, 2.24) is 15.5 Å². The lowest BCUT2D eigenvalue weighted by molar-refractivity contribution is 0.377. The van der Waals surface area contributed by atoms with Gasteiger partial charge in [0.05, 0.1) is 0 Å². The molecule has 1 aromatic heterocycles. The number of likely N-dealkylation sites (N-methyl/N-ethyl adjacent to an activating group) is 1. The van der Waals surface area contributed by atoms with Gasteiger partial charge in [0.2, 0.25) is 11.7 Å². The number of hydrogen-bond donors (Lipinski definition) is 1. The average Bonchev–Trinajstić information content (AvgIpc) is 2.78. The molecule has 0 spiro atoms. The summed E-state index contributed by atoms with van der Waals surface area (Å²) < 4.78 is 6.22. The third-order valence-corrected chi connectivity index (χ3v) is 3.26. The van der Waals surface area contributed by atoms with E-state index in [-0.39, 0.29) is 0 Å². The SMILES string of the molecule is CCNCCc1nc(-c2ccc(C)cc2Br)no1. The number of rotatable bonds is 5. The van der Waals surface area contributed by atoms with E-state index >= 15 is 0 Å². The lowest BCUT2D eigenvalue weighted by Crippen LogP contribution is -2.16. The van der Waals surface area contributed by atoms with Crippen LogP contribution in [0.3, 0.4) is 0 Å². The van der Waals surface area contributed by atoms with E-state index in [1.54, 1.807) is 0 Å². The molecule has 0 aliphatic rings. The second-order valence-electron chi connectivity index (χ2n) is 4.10. The minimum Gasteiger partial charge on any atom is -0.339 e. The molecule has 5 heteroatoms. The first-order valence-corrected chi connectivity index (χ1v) is 6.80. The van der Waals surface area contributed by atoms with Crippen molar-refractivity contribution in [3.05, 3.63) is 34.1 Å². The Labute approximate surface area is 115 Å². The molecular weight excluding hydrogens is 294 g/mol. The minimum absolute atomic E-state index is 0.633. The number of benzene rings is 1. The van der Waals surface area contributed by atoms with Crippen molar-refractivity contribution in [3.8, 4) is 11.4 Å². The molecule has 0 aliphatic carbocycles. The summed E-state index contributed by atoms with van der Waals surface area (Å²) in [6.45, 7) is 5.92. The van der Waals surface area contributed by atoms with Crippen LogP contribution in [0, 0.1) is 6.92 Å². The van der Waals surface area contributed by atoms with Crippen LogP contribution in [0.4, 0.5) is 0 Å². The molecule has 0 unspecified atom stereocenters. The topological polar surface area (TPSA) is 51.0 Å². The Morgan fingerprint density at radius 3 is 2.94 bits per heavy atom. The van der Waals surface area contributed by atoms with E-state index in [1.165, 1.54) is 5.56 Å². The highest BCUT2D eigenvalue weighted by Gasteiger charge is 2.11. The Bertz CT molecular complexity index is 525. The molecule has 0 radical (unpaired) electrons. The molecule has 1 N–H and O–H groups in total. The maximum atomic E-state index is 5.23. The van der Waals surface area contributed by atoms with Crippen LogP contribution < -0.4 is 5.32 Å². The van der Waals surface area contributed by atoms with Gasteiger partial charge in [0, 0.05) is 23.0 Å². The highest BCUT2D eigenvalue weighted by molar-refractivity contribution is 9.10. The van der Waals surface area contributed by atoms with Crippen molar-refractivity contribution < 1.29 is 4.52 Å². The minimum atomic E-state index is 0.633. The summed E-state index contributed by atoms with van der Waals surface area (Å²) in [5.74, 6) is 1.30. The number of nitrogens with one attached hydrogen (secondary N) is 1. The van der Waals surface area contributed by atoms with Crippen LogP contribution in [0.15, 0.2) is 27.2 Å². The standard InChI is InChI=1S/C13H16BrN3O/c1-3-15-7-6-12-16-13(17-18-12)10-5-4-9(2)8-11(10)14/h4-5,8,15H,3,6-7H2,1-2H3. The number of hydrogen-bond acceptors (Lipinski definition) is 4. The molecule has 0 atom stereocenters. The zero-order valence-electron chi connectivity index (χ0n) is 10.5. The fourth-order valence-electron chi connectivity index (χ4n) is 1.64. The molecule has 4 nitrogen and oxygen atoms in total. The van der Waals surface area contributed by atoms with Crippen LogP contribution in [0.1, 0.15) is 18.4 Å². The van der Waals surface area contributed by atoms with Gasteiger partial charge in [-0.1, -0.05) is 34.1 Å². The van der Waals surface area contributed by atoms with E-state index < -0.39 is 0 Å². The maximum absolute atomic E-state index is 5.23. The molecule has 0 aliphatic heterocycles. The van der Waals surface area contributed by atoms with Gasteiger partial charge in [-0.05, 0) is 31.2 Å². The summed E-state index contributed by atoms with van der Waals surface area (Å²) in [5, 5.41) is 7.24. The smallest absolute Gasteiger partial charge is 0.228 e. The van der Waals surface area contributed by atoms with Crippen molar-refractivity contribution in [2.75, 3.05) is 13.1 Å². The summed E-state index contributed by atoms with van der Waals surface area (Å²) >= 11 is 3.52.